The molecule has 0 aromatic heterocycles. The molecule has 0 radical (unpaired) electrons. The van der Waals surface area contributed by atoms with Crippen molar-refractivity contribution < 1.29 is 0 Å². The Balaban J connectivity index is 2.12. The van der Waals surface area contributed by atoms with E-state index in [9.17, 15) is 0 Å². The average Bonchev–Trinajstić information content (AvgIpc) is 2.26. The smallest absolute Gasteiger partial charge is 0.0509 e. The number of rotatable bonds is 6. The van der Waals surface area contributed by atoms with Crippen LogP contribution >= 0.6 is 0 Å². The molecule has 0 aliphatic rings. The van der Waals surface area contributed by atoms with Crippen LogP contribution in [0.15, 0.2) is 40.7 Å². The van der Waals surface area contributed by atoms with Crippen molar-refractivity contribution in [1.82, 2.24) is 5.01 Å². The first kappa shape index (κ1) is 11.7. The van der Waals surface area contributed by atoms with E-state index in [-0.39, 0.29) is 0 Å². The number of hydrogen-bond donors (Lipinski definition) is 0. The molecule has 1 aromatic rings. The number of benzene rings is 1. The molecule has 0 N–H and O–H groups in total. The lowest BCUT2D eigenvalue weighted by Gasteiger charge is -2.10. The van der Waals surface area contributed by atoms with Gasteiger partial charge in [-0.15, -0.1) is 0 Å². The molecule has 0 saturated heterocycles. The van der Waals surface area contributed by atoms with Gasteiger partial charge < -0.3 is 0 Å². The van der Waals surface area contributed by atoms with Crippen molar-refractivity contribution in [3.63, 3.8) is 0 Å². The van der Waals surface area contributed by atoms with Crippen molar-refractivity contribution in [2.75, 3.05) is 20.6 Å². The average molecular weight is 205 g/mol. The van der Waals surface area contributed by atoms with E-state index in [0.29, 0.717) is 0 Å². The predicted molar refractivity (Wildman–Crippen MR) is 62.8 cm³/mol. The van der Waals surface area contributed by atoms with Gasteiger partial charge in [0.25, 0.3) is 0 Å². The Kier molecular flexibility index (Phi) is 5.44. The van der Waals surface area contributed by atoms with E-state index in [1.807, 2.05) is 12.1 Å². The molecule has 15 heavy (non-hydrogen) atoms. The molecule has 0 atom stereocenters. The van der Waals surface area contributed by atoms with Crippen molar-refractivity contribution in [3.8, 4) is 0 Å². The van der Waals surface area contributed by atoms with Crippen LogP contribution in [-0.4, -0.2) is 25.6 Å². The van der Waals surface area contributed by atoms with E-state index < -0.39 is 0 Å². The molecular weight excluding hydrogens is 186 g/mol. The van der Waals surface area contributed by atoms with Gasteiger partial charge in [-0.05, 0) is 24.8 Å². The lowest BCUT2D eigenvalue weighted by Crippen LogP contribution is -2.11. The lowest BCUT2D eigenvalue weighted by atomic mass is 10.1. The molecule has 0 spiro atoms. The summed E-state index contributed by atoms with van der Waals surface area (Å²) in [5.41, 5.74) is 1.41. The monoisotopic (exact) mass is 205 g/mol. The van der Waals surface area contributed by atoms with Crippen molar-refractivity contribution in [2.45, 2.75) is 19.3 Å². The second kappa shape index (κ2) is 6.98. The molecule has 3 nitrogen and oxygen atoms in total. The highest BCUT2D eigenvalue weighted by Crippen LogP contribution is 2.04. The van der Waals surface area contributed by atoms with Crippen molar-refractivity contribution in [1.29, 1.82) is 0 Å². The summed E-state index contributed by atoms with van der Waals surface area (Å²) in [6, 6.07) is 10.6. The van der Waals surface area contributed by atoms with Gasteiger partial charge in [0.2, 0.25) is 0 Å². The zero-order chi connectivity index (χ0) is 10.9. The van der Waals surface area contributed by atoms with Crippen LogP contribution in [0.25, 0.3) is 0 Å². The Bertz CT molecular complexity index is 282. The molecule has 0 heterocycles. The predicted octanol–water partition coefficient (Wildman–Crippen LogP) is 2.94. The quantitative estimate of drug-likeness (QED) is 0.398. The maximum absolute atomic E-state index is 3.93. The minimum Gasteiger partial charge on any atom is -0.282 e. The fraction of sp³-hybridized carbons (Fsp3) is 0.500. The summed E-state index contributed by atoms with van der Waals surface area (Å²) in [6.45, 7) is 0.976. The second-order valence-electron chi connectivity index (χ2n) is 3.61. The van der Waals surface area contributed by atoms with E-state index in [2.05, 4.69) is 40.7 Å². The van der Waals surface area contributed by atoms with Crippen LogP contribution in [0.1, 0.15) is 18.4 Å². The van der Waals surface area contributed by atoms with Crippen LogP contribution < -0.4 is 0 Å². The normalized spacial score (nSPS) is 10.8. The minimum absolute atomic E-state index is 0.976. The Morgan fingerprint density at radius 3 is 2.53 bits per heavy atom. The number of aryl methyl sites for hydroxylation is 1. The number of hydrogen-bond acceptors (Lipinski definition) is 2. The van der Waals surface area contributed by atoms with Crippen LogP contribution in [0.2, 0.25) is 0 Å². The standard InChI is InChI=1S/C12H19N3/c1-13-14-15(2)11-7-6-10-12-8-4-3-5-9-12/h3-5,8-9H,6-7,10-11H2,1-2H3. The summed E-state index contributed by atoms with van der Waals surface area (Å²) in [5, 5.41) is 9.53. The maximum Gasteiger partial charge on any atom is 0.0509 e. The van der Waals surface area contributed by atoms with E-state index in [0.717, 1.165) is 19.4 Å². The minimum atomic E-state index is 0.976. The van der Waals surface area contributed by atoms with Gasteiger partial charge >= 0.3 is 0 Å². The molecule has 0 fully saturated rings. The Labute approximate surface area is 91.8 Å². The van der Waals surface area contributed by atoms with Crippen molar-refractivity contribution >= 4 is 0 Å². The first-order valence-electron chi connectivity index (χ1n) is 5.37. The summed E-state index contributed by atoms with van der Waals surface area (Å²) < 4.78 is 0. The summed E-state index contributed by atoms with van der Waals surface area (Å²) in [4.78, 5) is 0. The molecule has 1 rings (SSSR count). The van der Waals surface area contributed by atoms with Crippen LogP contribution in [0.4, 0.5) is 0 Å². The first-order valence-corrected chi connectivity index (χ1v) is 5.37. The van der Waals surface area contributed by atoms with Gasteiger partial charge in [0, 0.05) is 13.6 Å². The molecule has 0 bridgehead atoms. The van der Waals surface area contributed by atoms with E-state index in [1.54, 1.807) is 7.05 Å². The zero-order valence-corrected chi connectivity index (χ0v) is 9.56. The first-order chi connectivity index (χ1) is 7.33. The number of unbranched alkanes of at least 4 members (excludes halogenated alkanes) is 1. The van der Waals surface area contributed by atoms with Crippen molar-refractivity contribution in [2.24, 2.45) is 10.3 Å². The van der Waals surface area contributed by atoms with Gasteiger partial charge in [0.1, 0.15) is 0 Å². The lowest BCUT2D eigenvalue weighted by molar-refractivity contribution is 0.321. The van der Waals surface area contributed by atoms with Crippen molar-refractivity contribution in [3.05, 3.63) is 35.9 Å². The van der Waals surface area contributed by atoms with Gasteiger partial charge in [-0.2, -0.15) is 5.11 Å². The molecule has 0 saturated carbocycles. The largest absolute Gasteiger partial charge is 0.282 e. The summed E-state index contributed by atoms with van der Waals surface area (Å²) >= 11 is 0. The number of nitrogens with zero attached hydrogens (tertiary/aromatic N) is 3. The second-order valence-corrected chi connectivity index (χ2v) is 3.61. The summed E-state index contributed by atoms with van der Waals surface area (Å²) in [6.07, 6.45) is 3.51. The summed E-state index contributed by atoms with van der Waals surface area (Å²) in [5.74, 6) is 0. The highest BCUT2D eigenvalue weighted by Gasteiger charge is 1.95. The van der Waals surface area contributed by atoms with Gasteiger partial charge in [-0.25, -0.2) is 0 Å². The van der Waals surface area contributed by atoms with Crippen LogP contribution in [-0.2, 0) is 6.42 Å². The third kappa shape index (κ3) is 5.15. The van der Waals surface area contributed by atoms with Gasteiger partial charge in [-0.1, -0.05) is 35.6 Å². The molecule has 3 heteroatoms. The highest BCUT2D eigenvalue weighted by molar-refractivity contribution is 5.14. The Morgan fingerprint density at radius 1 is 1.13 bits per heavy atom. The molecule has 0 aliphatic heterocycles. The van der Waals surface area contributed by atoms with Crippen LogP contribution in [0.3, 0.4) is 0 Å². The summed E-state index contributed by atoms with van der Waals surface area (Å²) in [7, 11) is 3.65. The fourth-order valence-electron chi connectivity index (χ4n) is 1.51. The van der Waals surface area contributed by atoms with Crippen LogP contribution in [0, 0.1) is 0 Å². The molecule has 0 amide bonds. The van der Waals surface area contributed by atoms with Crippen LogP contribution in [0.5, 0.6) is 0 Å². The molecule has 0 unspecified atom stereocenters. The highest BCUT2D eigenvalue weighted by atomic mass is 15.5. The molecular formula is C12H19N3. The third-order valence-electron chi connectivity index (χ3n) is 2.28. The Hall–Kier alpha value is -1.38. The maximum atomic E-state index is 3.93. The Morgan fingerprint density at radius 2 is 1.87 bits per heavy atom. The van der Waals surface area contributed by atoms with E-state index in [1.165, 1.54) is 12.0 Å². The van der Waals surface area contributed by atoms with E-state index in [4.69, 9.17) is 0 Å². The van der Waals surface area contributed by atoms with Gasteiger partial charge in [0.05, 0.1) is 7.05 Å². The fourth-order valence-corrected chi connectivity index (χ4v) is 1.51. The van der Waals surface area contributed by atoms with E-state index >= 15 is 0 Å². The van der Waals surface area contributed by atoms with Gasteiger partial charge in [-0.3, -0.25) is 5.01 Å². The molecule has 1 aromatic carbocycles. The molecule has 82 valence electrons. The molecule has 0 aliphatic carbocycles. The SMILES string of the molecule is CN=NN(C)CCCCc1ccccc1. The third-order valence-corrected chi connectivity index (χ3v) is 2.28. The zero-order valence-electron chi connectivity index (χ0n) is 9.56. The topological polar surface area (TPSA) is 28.0 Å². The van der Waals surface area contributed by atoms with Gasteiger partial charge in [0.15, 0.2) is 0 Å².